The third-order valence-corrected chi connectivity index (χ3v) is 5.47. The molecule has 0 saturated heterocycles. The van der Waals surface area contributed by atoms with Crippen LogP contribution in [-0.2, 0) is 14.3 Å². The summed E-state index contributed by atoms with van der Waals surface area (Å²) in [5.41, 5.74) is 5.79. The van der Waals surface area contributed by atoms with E-state index in [1.807, 2.05) is 29.6 Å². The van der Waals surface area contributed by atoms with Gasteiger partial charge in [-0.25, -0.2) is 9.78 Å². The third kappa shape index (κ3) is 4.14. The highest BCUT2D eigenvalue weighted by Crippen LogP contribution is 2.41. The third-order valence-electron chi connectivity index (χ3n) is 4.30. The van der Waals surface area contributed by atoms with Gasteiger partial charge in [0.1, 0.15) is 0 Å². The van der Waals surface area contributed by atoms with Crippen molar-refractivity contribution in [3.05, 3.63) is 29.3 Å². The van der Waals surface area contributed by atoms with Crippen molar-refractivity contribution in [2.75, 3.05) is 6.61 Å². The van der Waals surface area contributed by atoms with E-state index in [9.17, 15) is 14.4 Å². The molecule has 1 heterocycles. The average molecular weight is 361 g/mol. The number of urea groups is 1. The van der Waals surface area contributed by atoms with E-state index in [2.05, 4.69) is 4.98 Å². The molecule has 3 N–H and O–H groups in total. The molecule has 1 fully saturated rings. The molecule has 0 aliphatic heterocycles. The van der Waals surface area contributed by atoms with Gasteiger partial charge in [0.15, 0.2) is 6.61 Å². The van der Waals surface area contributed by atoms with Gasteiger partial charge >= 0.3 is 12.0 Å². The summed E-state index contributed by atoms with van der Waals surface area (Å²) in [6, 6.07) is 6.91. The van der Waals surface area contributed by atoms with Crippen LogP contribution in [0.3, 0.4) is 0 Å². The molecule has 0 spiro atoms. The van der Waals surface area contributed by atoms with E-state index in [1.54, 1.807) is 11.3 Å². The fraction of sp³-hybridized carbons (Fsp3) is 0.412. The molecule has 3 amide bonds. The monoisotopic (exact) mass is 361 g/mol. The van der Waals surface area contributed by atoms with Crippen molar-refractivity contribution in [2.45, 2.75) is 31.6 Å². The lowest BCUT2D eigenvalue weighted by molar-refractivity contribution is -0.154. The van der Waals surface area contributed by atoms with Gasteiger partial charge in [0.25, 0.3) is 5.91 Å². The minimum Gasteiger partial charge on any atom is -0.455 e. The number of rotatable bonds is 4. The second-order valence-electron chi connectivity index (χ2n) is 6.04. The zero-order valence-electron chi connectivity index (χ0n) is 13.6. The van der Waals surface area contributed by atoms with Crippen LogP contribution in [-0.4, -0.2) is 29.5 Å². The van der Waals surface area contributed by atoms with Crippen LogP contribution in [0.2, 0.25) is 0 Å². The van der Waals surface area contributed by atoms with Gasteiger partial charge in [-0.1, -0.05) is 25.0 Å². The average Bonchev–Trinajstić information content (AvgIpc) is 3.03. The summed E-state index contributed by atoms with van der Waals surface area (Å²) in [4.78, 5) is 39.2. The standard InChI is InChI=1S/C17H19N3O4S/c18-17(23)20-14(21)9-24-16(22)11-6-2-1-5-10(11)15-19-12-7-3-4-8-13(12)25-15/h3-4,7-8,10-11H,1-2,5-6,9H2,(H3,18,20,21,23)/t10-,11-/m0/s1. The number of ether oxygens (including phenoxy) is 1. The van der Waals surface area contributed by atoms with Gasteiger partial charge < -0.3 is 10.5 Å². The van der Waals surface area contributed by atoms with Gasteiger partial charge in [0.05, 0.1) is 21.1 Å². The molecular formula is C17H19N3O4S. The van der Waals surface area contributed by atoms with Gasteiger partial charge in [-0.15, -0.1) is 11.3 Å². The molecule has 1 aromatic carbocycles. The first kappa shape index (κ1) is 17.3. The number of para-hydroxylation sites is 1. The highest BCUT2D eigenvalue weighted by molar-refractivity contribution is 7.18. The number of nitrogens with two attached hydrogens (primary N) is 1. The van der Waals surface area contributed by atoms with Gasteiger partial charge in [-0.2, -0.15) is 0 Å². The number of hydrogen-bond acceptors (Lipinski definition) is 6. The van der Waals surface area contributed by atoms with Crippen molar-refractivity contribution in [3.63, 3.8) is 0 Å². The van der Waals surface area contributed by atoms with E-state index in [-0.39, 0.29) is 11.8 Å². The molecular weight excluding hydrogens is 342 g/mol. The molecule has 1 aromatic heterocycles. The number of carbonyl (C=O) groups is 3. The minimum atomic E-state index is -0.967. The molecule has 0 radical (unpaired) electrons. The number of imide groups is 1. The predicted molar refractivity (Wildman–Crippen MR) is 93.0 cm³/mol. The highest BCUT2D eigenvalue weighted by atomic mass is 32.1. The summed E-state index contributed by atoms with van der Waals surface area (Å²) >= 11 is 1.60. The number of thiazole rings is 1. The number of aromatic nitrogens is 1. The van der Waals surface area contributed by atoms with E-state index >= 15 is 0 Å². The van der Waals surface area contributed by atoms with Gasteiger partial charge in [-0.05, 0) is 25.0 Å². The second kappa shape index (κ2) is 7.60. The van der Waals surface area contributed by atoms with Crippen molar-refractivity contribution >= 4 is 39.5 Å². The highest BCUT2D eigenvalue weighted by Gasteiger charge is 2.35. The van der Waals surface area contributed by atoms with Crippen molar-refractivity contribution in [2.24, 2.45) is 11.7 Å². The Labute approximate surface area is 148 Å². The summed E-state index contributed by atoms with van der Waals surface area (Å²) in [5, 5.41) is 2.81. The SMILES string of the molecule is NC(=O)NC(=O)COC(=O)[C@H]1CCCC[C@@H]1c1nc2ccccc2s1. The Morgan fingerprint density at radius 1 is 1.24 bits per heavy atom. The Hall–Kier alpha value is -2.48. The molecule has 1 aliphatic carbocycles. The van der Waals surface area contributed by atoms with E-state index in [4.69, 9.17) is 10.5 Å². The number of esters is 1. The zero-order valence-corrected chi connectivity index (χ0v) is 14.4. The number of nitrogens with one attached hydrogen (secondary N) is 1. The molecule has 25 heavy (non-hydrogen) atoms. The molecule has 8 heteroatoms. The largest absolute Gasteiger partial charge is 0.455 e. The fourth-order valence-electron chi connectivity index (χ4n) is 3.17. The molecule has 7 nitrogen and oxygen atoms in total. The number of carbonyl (C=O) groups excluding carboxylic acids is 3. The van der Waals surface area contributed by atoms with E-state index < -0.39 is 24.5 Å². The molecule has 2 aromatic rings. The Morgan fingerprint density at radius 2 is 2.00 bits per heavy atom. The maximum Gasteiger partial charge on any atom is 0.318 e. The molecule has 3 rings (SSSR count). The lowest BCUT2D eigenvalue weighted by Crippen LogP contribution is -2.38. The summed E-state index contributed by atoms with van der Waals surface area (Å²) in [7, 11) is 0. The summed E-state index contributed by atoms with van der Waals surface area (Å²) in [6.07, 6.45) is 3.55. The van der Waals surface area contributed by atoms with E-state index in [1.165, 1.54) is 0 Å². The minimum absolute atomic E-state index is 0.00199. The van der Waals surface area contributed by atoms with Crippen molar-refractivity contribution in [1.82, 2.24) is 10.3 Å². The fourth-order valence-corrected chi connectivity index (χ4v) is 4.34. The van der Waals surface area contributed by atoms with Crippen molar-refractivity contribution < 1.29 is 19.1 Å². The van der Waals surface area contributed by atoms with Crippen LogP contribution in [0.1, 0.15) is 36.6 Å². The van der Waals surface area contributed by atoms with Crippen LogP contribution in [0.15, 0.2) is 24.3 Å². The molecule has 0 bridgehead atoms. The first-order valence-electron chi connectivity index (χ1n) is 8.16. The van der Waals surface area contributed by atoms with Crippen LogP contribution in [0, 0.1) is 5.92 Å². The number of fused-ring (bicyclic) bond motifs is 1. The zero-order chi connectivity index (χ0) is 17.8. The second-order valence-corrected chi connectivity index (χ2v) is 7.10. The number of benzene rings is 1. The van der Waals surface area contributed by atoms with Crippen LogP contribution in [0.25, 0.3) is 10.2 Å². The van der Waals surface area contributed by atoms with Crippen LogP contribution < -0.4 is 11.1 Å². The lowest BCUT2D eigenvalue weighted by Gasteiger charge is -2.28. The van der Waals surface area contributed by atoms with Crippen LogP contribution in [0.4, 0.5) is 4.79 Å². The van der Waals surface area contributed by atoms with E-state index in [0.717, 1.165) is 34.5 Å². The van der Waals surface area contributed by atoms with Gasteiger partial charge in [0, 0.05) is 5.92 Å². The Kier molecular flexibility index (Phi) is 5.28. The maximum absolute atomic E-state index is 12.4. The number of hydrogen-bond donors (Lipinski definition) is 2. The van der Waals surface area contributed by atoms with Gasteiger partial charge in [-0.3, -0.25) is 14.9 Å². The Balaban J connectivity index is 1.71. The molecule has 2 atom stereocenters. The van der Waals surface area contributed by atoms with Gasteiger partial charge in [0.2, 0.25) is 0 Å². The molecule has 1 aliphatic rings. The number of amides is 3. The summed E-state index contributed by atoms with van der Waals surface area (Å²) in [6.45, 7) is -0.509. The van der Waals surface area contributed by atoms with Crippen LogP contribution in [0.5, 0.6) is 0 Å². The topological polar surface area (TPSA) is 111 Å². The predicted octanol–water partition coefficient (Wildman–Crippen LogP) is 2.31. The van der Waals surface area contributed by atoms with Crippen LogP contribution >= 0.6 is 11.3 Å². The normalized spacial score (nSPS) is 20.2. The molecule has 132 valence electrons. The number of nitrogens with zero attached hydrogens (tertiary/aromatic N) is 1. The molecule has 0 unspecified atom stereocenters. The summed E-state index contributed by atoms with van der Waals surface area (Å²) in [5.74, 6) is -1.48. The smallest absolute Gasteiger partial charge is 0.318 e. The van der Waals surface area contributed by atoms with E-state index in [0.29, 0.717) is 6.42 Å². The van der Waals surface area contributed by atoms with Crippen molar-refractivity contribution in [3.8, 4) is 0 Å². The maximum atomic E-state index is 12.4. The van der Waals surface area contributed by atoms with Crippen molar-refractivity contribution in [1.29, 1.82) is 0 Å². The lowest BCUT2D eigenvalue weighted by atomic mass is 9.79. The Bertz CT molecular complexity index is 771. The first-order chi connectivity index (χ1) is 12.0. The quantitative estimate of drug-likeness (QED) is 0.812. The Morgan fingerprint density at radius 3 is 2.76 bits per heavy atom. The summed E-state index contributed by atoms with van der Waals surface area (Å²) < 4.78 is 6.18. The number of primary amides is 1. The first-order valence-corrected chi connectivity index (χ1v) is 8.97. The molecule has 1 saturated carbocycles.